The third-order valence-electron chi connectivity index (χ3n) is 5.37. The molecule has 0 heterocycles. The quantitative estimate of drug-likeness (QED) is 0.453. The molecule has 3 aromatic rings. The number of nitrogens with one attached hydrogen (secondary N) is 3. The van der Waals surface area contributed by atoms with Gasteiger partial charge in [-0.05, 0) is 42.7 Å². The summed E-state index contributed by atoms with van der Waals surface area (Å²) in [6.45, 7) is 0. The first kappa shape index (κ1) is 22.6. The van der Waals surface area contributed by atoms with E-state index in [2.05, 4.69) is 16.0 Å². The molecule has 1 aliphatic carbocycles. The van der Waals surface area contributed by atoms with E-state index in [9.17, 15) is 14.4 Å². The lowest BCUT2D eigenvalue weighted by Gasteiger charge is -2.20. The Hall–Kier alpha value is -3.64. The van der Waals surface area contributed by atoms with E-state index in [1.165, 1.54) is 0 Å². The van der Waals surface area contributed by atoms with Crippen LogP contribution < -0.4 is 16.0 Å². The van der Waals surface area contributed by atoms with Crippen molar-refractivity contribution in [2.45, 2.75) is 31.3 Å². The van der Waals surface area contributed by atoms with Gasteiger partial charge in [0.25, 0.3) is 11.8 Å². The largest absolute Gasteiger partial charge is 0.349 e. The topological polar surface area (TPSA) is 87.3 Å². The van der Waals surface area contributed by atoms with E-state index in [0.717, 1.165) is 18.4 Å². The van der Waals surface area contributed by atoms with Gasteiger partial charge in [-0.2, -0.15) is 0 Å². The van der Waals surface area contributed by atoms with Crippen LogP contribution in [0.4, 0.5) is 5.69 Å². The van der Waals surface area contributed by atoms with Crippen molar-refractivity contribution in [1.82, 2.24) is 10.6 Å². The smallest absolute Gasteiger partial charge is 0.253 e. The average Bonchev–Trinajstić information content (AvgIpc) is 3.63. The highest BCUT2D eigenvalue weighted by Crippen LogP contribution is 2.24. The van der Waals surface area contributed by atoms with Crippen molar-refractivity contribution in [3.05, 3.63) is 101 Å². The van der Waals surface area contributed by atoms with Crippen LogP contribution in [0, 0.1) is 0 Å². The van der Waals surface area contributed by atoms with Gasteiger partial charge < -0.3 is 16.0 Å². The van der Waals surface area contributed by atoms with Crippen molar-refractivity contribution in [3.8, 4) is 0 Å². The molecular formula is C26H24ClN3O3. The fraction of sp³-hybridized carbons (Fsp3) is 0.192. The van der Waals surface area contributed by atoms with Gasteiger partial charge >= 0.3 is 0 Å². The number of halogens is 1. The Morgan fingerprint density at radius 1 is 0.818 bits per heavy atom. The standard InChI is InChI=1S/C26H24ClN3O3/c27-21-12-6-4-10-19(21)25(32)30-23(17-8-2-1-3-9-17)16-24(31)29-22-13-7-5-11-20(22)26(33)28-18-14-15-18/h1-13,18,23H,14-16H2,(H,28,33)(H,29,31)(H,30,32). The number of amides is 3. The van der Waals surface area contributed by atoms with Gasteiger partial charge in [0.1, 0.15) is 0 Å². The van der Waals surface area contributed by atoms with E-state index >= 15 is 0 Å². The van der Waals surface area contributed by atoms with Gasteiger partial charge in [0, 0.05) is 6.04 Å². The highest BCUT2D eigenvalue weighted by Gasteiger charge is 2.25. The lowest BCUT2D eigenvalue weighted by atomic mass is 10.0. The minimum atomic E-state index is -0.581. The molecule has 0 aliphatic heterocycles. The second-order valence-corrected chi connectivity index (χ2v) is 8.37. The maximum absolute atomic E-state index is 13.0. The Labute approximate surface area is 197 Å². The van der Waals surface area contributed by atoms with Crippen LogP contribution in [0.3, 0.4) is 0 Å². The molecule has 4 rings (SSSR count). The summed E-state index contributed by atoms with van der Waals surface area (Å²) in [7, 11) is 0. The summed E-state index contributed by atoms with van der Waals surface area (Å²) in [4.78, 5) is 38.4. The van der Waals surface area contributed by atoms with E-state index < -0.39 is 6.04 Å². The van der Waals surface area contributed by atoms with Gasteiger partial charge in [-0.25, -0.2) is 0 Å². The number of hydrogen-bond acceptors (Lipinski definition) is 3. The van der Waals surface area contributed by atoms with E-state index in [1.807, 2.05) is 30.3 Å². The van der Waals surface area contributed by atoms with Crippen molar-refractivity contribution in [1.29, 1.82) is 0 Å². The van der Waals surface area contributed by atoms with Crippen LogP contribution in [0.25, 0.3) is 0 Å². The maximum atomic E-state index is 13.0. The summed E-state index contributed by atoms with van der Waals surface area (Å²) in [5.41, 5.74) is 1.97. The summed E-state index contributed by atoms with van der Waals surface area (Å²) in [5, 5.41) is 9.02. The van der Waals surface area contributed by atoms with E-state index in [1.54, 1.807) is 48.5 Å². The predicted molar refractivity (Wildman–Crippen MR) is 128 cm³/mol. The summed E-state index contributed by atoms with van der Waals surface area (Å²) in [6.07, 6.45) is 1.94. The van der Waals surface area contributed by atoms with E-state index in [-0.39, 0.29) is 30.2 Å². The molecular weight excluding hydrogens is 438 g/mol. The normalized spacial score (nSPS) is 13.6. The van der Waals surface area contributed by atoms with Gasteiger partial charge in [-0.3, -0.25) is 14.4 Å². The molecule has 1 fully saturated rings. The number of benzene rings is 3. The summed E-state index contributed by atoms with van der Waals surface area (Å²) in [5.74, 6) is -0.901. The Bertz CT molecular complexity index is 1160. The van der Waals surface area contributed by atoms with Gasteiger partial charge in [-0.15, -0.1) is 0 Å². The fourth-order valence-corrected chi connectivity index (χ4v) is 3.71. The molecule has 3 N–H and O–H groups in total. The van der Waals surface area contributed by atoms with Gasteiger partial charge in [0.15, 0.2) is 0 Å². The molecule has 168 valence electrons. The number of hydrogen-bond donors (Lipinski definition) is 3. The zero-order valence-electron chi connectivity index (χ0n) is 17.9. The monoisotopic (exact) mass is 461 g/mol. The van der Waals surface area contributed by atoms with Crippen LogP contribution in [0.1, 0.15) is 51.6 Å². The number of rotatable bonds is 8. The van der Waals surface area contributed by atoms with Crippen molar-refractivity contribution in [2.75, 3.05) is 5.32 Å². The molecule has 1 saturated carbocycles. The fourth-order valence-electron chi connectivity index (χ4n) is 3.49. The molecule has 0 bridgehead atoms. The average molecular weight is 462 g/mol. The summed E-state index contributed by atoms with van der Waals surface area (Å²) in [6, 6.07) is 22.5. The minimum Gasteiger partial charge on any atom is -0.349 e. The highest BCUT2D eigenvalue weighted by molar-refractivity contribution is 6.33. The Morgan fingerprint density at radius 2 is 1.45 bits per heavy atom. The molecule has 3 aromatic carbocycles. The van der Waals surface area contributed by atoms with Crippen LogP contribution in [0.5, 0.6) is 0 Å². The van der Waals surface area contributed by atoms with Gasteiger partial charge in [0.05, 0.1) is 34.3 Å². The molecule has 33 heavy (non-hydrogen) atoms. The third-order valence-corrected chi connectivity index (χ3v) is 5.70. The zero-order valence-corrected chi connectivity index (χ0v) is 18.6. The first-order chi connectivity index (χ1) is 16.0. The Morgan fingerprint density at radius 3 is 2.15 bits per heavy atom. The third kappa shape index (κ3) is 5.99. The number of para-hydroxylation sites is 1. The molecule has 0 saturated heterocycles. The van der Waals surface area contributed by atoms with Crippen molar-refractivity contribution >= 4 is 35.0 Å². The second kappa shape index (κ2) is 10.3. The molecule has 0 radical (unpaired) electrons. The van der Waals surface area contributed by atoms with Crippen molar-refractivity contribution in [3.63, 3.8) is 0 Å². The Kier molecular flexibility index (Phi) is 7.05. The van der Waals surface area contributed by atoms with E-state index in [4.69, 9.17) is 11.6 Å². The highest BCUT2D eigenvalue weighted by atomic mass is 35.5. The number of anilines is 1. The summed E-state index contributed by atoms with van der Waals surface area (Å²) >= 11 is 6.17. The molecule has 1 unspecified atom stereocenters. The molecule has 1 aliphatic rings. The molecule has 6 nitrogen and oxygen atoms in total. The van der Waals surface area contributed by atoms with Crippen LogP contribution in [0.2, 0.25) is 5.02 Å². The van der Waals surface area contributed by atoms with Crippen LogP contribution in [-0.2, 0) is 4.79 Å². The number of carbonyl (C=O) groups is 3. The first-order valence-electron chi connectivity index (χ1n) is 10.8. The lowest BCUT2D eigenvalue weighted by molar-refractivity contribution is -0.116. The van der Waals surface area contributed by atoms with Crippen LogP contribution in [-0.4, -0.2) is 23.8 Å². The first-order valence-corrected chi connectivity index (χ1v) is 11.2. The summed E-state index contributed by atoms with van der Waals surface area (Å²) < 4.78 is 0. The molecule has 0 aromatic heterocycles. The molecule has 0 spiro atoms. The molecule has 1 atom stereocenters. The maximum Gasteiger partial charge on any atom is 0.253 e. The minimum absolute atomic E-state index is 0.0151. The van der Waals surface area contributed by atoms with Crippen LogP contribution in [0.15, 0.2) is 78.9 Å². The molecule has 3 amide bonds. The van der Waals surface area contributed by atoms with Crippen molar-refractivity contribution in [2.24, 2.45) is 0 Å². The van der Waals surface area contributed by atoms with E-state index in [0.29, 0.717) is 21.8 Å². The molecule has 7 heteroatoms. The SMILES string of the molecule is O=C(CC(NC(=O)c1ccccc1Cl)c1ccccc1)Nc1ccccc1C(=O)NC1CC1. The second-order valence-electron chi connectivity index (χ2n) is 7.96. The van der Waals surface area contributed by atoms with Crippen molar-refractivity contribution < 1.29 is 14.4 Å². The number of carbonyl (C=O) groups excluding carboxylic acids is 3. The van der Waals surface area contributed by atoms with Gasteiger partial charge in [0.2, 0.25) is 5.91 Å². The van der Waals surface area contributed by atoms with Crippen LogP contribution >= 0.6 is 11.6 Å². The Balaban J connectivity index is 1.50. The zero-order chi connectivity index (χ0) is 23.2. The van der Waals surface area contributed by atoms with Gasteiger partial charge in [-0.1, -0.05) is 66.2 Å². The lowest BCUT2D eigenvalue weighted by Crippen LogP contribution is -2.32. The predicted octanol–water partition coefficient (Wildman–Crippen LogP) is 4.73.